The van der Waals surface area contributed by atoms with E-state index < -0.39 is 0 Å². The van der Waals surface area contributed by atoms with Gasteiger partial charge in [-0.05, 0) is 37.5 Å². The lowest BCUT2D eigenvalue weighted by molar-refractivity contribution is -0.127. The van der Waals surface area contributed by atoms with E-state index in [0.717, 1.165) is 31.1 Å². The number of hydrogen-bond acceptors (Lipinski definition) is 2. The molecule has 0 aromatic rings. The molecule has 3 nitrogen and oxygen atoms in total. The summed E-state index contributed by atoms with van der Waals surface area (Å²) in [6, 6.07) is 2.11. The van der Waals surface area contributed by atoms with Gasteiger partial charge in [0.1, 0.15) is 0 Å². The van der Waals surface area contributed by atoms with Gasteiger partial charge < -0.3 is 5.32 Å². The molecule has 0 aliphatic heterocycles. The fourth-order valence-corrected chi connectivity index (χ4v) is 3.63. The van der Waals surface area contributed by atoms with Gasteiger partial charge in [-0.15, -0.1) is 0 Å². The molecule has 2 rings (SSSR count). The molecule has 0 heterocycles. The van der Waals surface area contributed by atoms with E-state index in [2.05, 4.69) is 11.4 Å². The normalized spacial score (nSPS) is 31.2. The molecule has 2 aliphatic carbocycles. The van der Waals surface area contributed by atoms with Crippen LogP contribution in [-0.4, -0.2) is 12.5 Å². The summed E-state index contributed by atoms with van der Waals surface area (Å²) in [5.41, 5.74) is 0. The number of carbonyl (C=O) groups is 1. The fraction of sp³-hybridized carbons (Fsp3) is 0.867. The number of carbonyl (C=O) groups excluding carboxylic acids is 1. The summed E-state index contributed by atoms with van der Waals surface area (Å²) in [6.45, 7) is 0.664. The lowest BCUT2D eigenvalue weighted by Gasteiger charge is -2.38. The molecular formula is C15H24N2O. The van der Waals surface area contributed by atoms with Gasteiger partial charge in [-0.3, -0.25) is 4.79 Å². The lowest BCUT2D eigenvalue weighted by Crippen LogP contribution is -2.37. The van der Waals surface area contributed by atoms with E-state index in [-0.39, 0.29) is 11.8 Å². The summed E-state index contributed by atoms with van der Waals surface area (Å²) in [4.78, 5) is 12.0. The predicted octanol–water partition coefficient (Wildman–Crippen LogP) is 3.01. The Morgan fingerprint density at radius 1 is 1.17 bits per heavy atom. The maximum absolute atomic E-state index is 12.0. The van der Waals surface area contributed by atoms with Gasteiger partial charge in [-0.25, -0.2) is 0 Å². The molecule has 0 aromatic carbocycles. The first-order valence-corrected chi connectivity index (χ1v) is 7.46. The Balaban J connectivity index is 1.73. The third kappa shape index (κ3) is 3.48. The maximum atomic E-state index is 12.0. The van der Waals surface area contributed by atoms with Crippen LogP contribution in [0.25, 0.3) is 0 Å². The van der Waals surface area contributed by atoms with Crippen molar-refractivity contribution in [2.24, 2.45) is 17.8 Å². The van der Waals surface area contributed by atoms with E-state index in [4.69, 9.17) is 5.26 Å². The van der Waals surface area contributed by atoms with Crippen LogP contribution in [0.5, 0.6) is 0 Å². The Hall–Kier alpha value is -1.04. The van der Waals surface area contributed by atoms with E-state index in [0.29, 0.717) is 13.0 Å². The van der Waals surface area contributed by atoms with Crippen molar-refractivity contribution in [3.8, 4) is 6.07 Å². The second kappa shape index (κ2) is 6.78. The third-order valence-electron chi connectivity index (χ3n) is 4.68. The number of nitriles is 1. The van der Waals surface area contributed by atoms with Crippen LogP contribution in [0.1, 0.15) is 57.8 Å². The molecule has 3 atom stereocenters. The SMILES string of the molecule is N#CCCCNC(=O)C1CCC2CCCCC2C1. The van der Waals surface area contributed by atoms with Crippen molar-refractivity contribution in [2.45, 2.75) is 57.8 Å². The van der Waals surface area contributed by atoms with Gasteiger partial charge in [-0.2, -0.15) is 5.26 Å². The van der Waals surface area contributed by atoms with Gasteiger partial charge in [0, 0.05) is 18.9 Å². The van der Waals surface area contributed by atoms with Crippen molar-refractivity contribution in [3.05, 3.63) is 0 Å². The Kier molecular flexibility index (Phi) is 5.04. The molecule has 3 unspecified atom stereocenters. The number of fused-ring (bicyclic) bond motifs is 1. The average Bonchev–Trinajstić information content (AvgIpc) is 2.43. The number of unbranched alkanes of at least 4 members (excludes halogenated alkanes) is 1. The molecule has 100 valence electrons. The van der Waals surface area contributed by atoms with Gasteiger partial charge in [0.25, 0.3) is 0 Å². The highest BCUT2D eigenvalue weighted by molar-refractivity contribution is 5.78. The number of nitrogens with zero attached hydrogens (tertiary/aromatic N) is 1. The highest BCUT2D eigenvalue weighted by Gasteiger charge is 2.34. The minimum absolute atomic E-state index is 0.233. The van der Waals surface area contributed by atoms with Crippen LogP contribution in [0, 0.1) is 29.1 Å². The highest BCUT2D eigenvalue weighted by Crippen LogP contribution is 2.42. The van der Waals surface area contributed by atoms with Gasteiger partial charge in [-0.1, -0.05) is 25.7 Å². The Morgan fingerprint density at radius 3 is 2.72 bits per heavy atom. The maximum Gasteiger partial charge on any atom is 0.223 e. The van der Waals surface area contributed by atoms with Crippen LogP contribution >= 0.6 is 0 Å². The van der Waals surface area contributed by atoms with E-state index >= 15 is 0 Å². The zero-order valence-electron chi connectivity index (χ0n) is 11.2. The zero-order chi connectivity index (χ0) is 12.8. The van der Waals surface area contributed by atoms with Crippen molar-refractivity contribution >= 4 is 5.91 Å². The quantitative estimate of drug-likeness (QED) is 0.777. The van der Waals surface area contributed by atoms with Crippen molar-refractivity contribution in [1.82, 2.24) is 5.32 Å². The molecule has 18 heavy (non-hydrogen) atoms. The van der Waals surface area contributed by atoms with Gasteiger partial charge in [0.05, 0.1) is 6.07 Å². The Morgan fingerprint density at radius 2 is 1.94 bits per heavy atom. The summed E-state index contributed by atoms with van der Waals surface area (Å²) >= 11 is 0. The molecule has 0 radical (unpaired) electrons. The minimum Gasteiger partial charge on any atom is -0.356 e. The smallest absolute Gasteiger partial charge is 0.223 e. The van der Waals surface area contributed by atoms with E-state index in [1.165, 1.54) is 32.1 Å². The summed E-state index contributed by atoms with van der Waals surface area (Å²) in [7, 11) is 0. The van der Waals surface area contributed by atoms with Crippen LogP contribution in [0.3, 0.4) is 0 Å². The molecule has 2 fully saturated rings. The first-order valence-electron chi connectivity index (χ1n) is 7.46. The molecule has 2 saturated carbocycles. The molecule has 1 amide bonds. The second-order valence-corrected chi connectivity index (χ2v) is 5.87. The summed E-state index contributed by atoms with van der Waals surface area (Å²) in [6.07, 6.45) is 10.2. The lowest BCUT2D eigenvalue weighted by atomic mass is 9.67. The van der Waals surface area contributed by atoms with Crippen molar-refractivity contribution in [3.63, 3.8) is 0 Å². The molecular weight excluding hydrogens is 224 g/mol. The second-order valence-electron chi connectivity index (χ2n) is 5.87. The van der Waals surface area contributed by atoms with Gasteiger partial charge >= 0.3 is 0 Å². The molecule has 1 N–H and O–H groups in total. The number of rotatable bonds is 4. The van der Waals surface area contributed by atoms with Gasteiger partial charge in [0.15, 0.2) is 0 Å². The molecule has 3 heteroatoms. The van der Waals surface area contributed by atoms with Crippen LogP contribution in [-0.2, 0) is 4.79 Å². The first-order chi connectivity index (χ1) is 8.81. The summed E-state index contributed by atoms with van der Waals surface area (Å²) in [5, 5.41) is 11.4. The van der Waals surface area contributed by atoms with Crippen LogP contribution < -0.4 is 5.32 Å². The number of nitrogens with one attached hydrogen (secondary N) is 1. The van der Waals surface area contributed by atoms with Crippen LogP contribution in [0.2, 0.25) is 0 Å². The van der Waals surface area contributed by atoms with E-state index in [1.807, 2.05) is 0 Å². The highest BCUT2D eigenvalue weighted by atomic mass is 16.1. The number of hydrogen-bond donors (Lipinski definition) is 1. The first kappa shape index (κ1) is 13.4. The summed E-state index contributed by atoms with van der Waals surface area (Å²) < 4.78 is 0. The average molecular weight is 248 g/mol. The zero-order valence-corrected chi connectivity index (χ0v) is 11.2. The van der Waals surface area contributed by atoms with Crippen molar-refractivity contribution in [2.75, 3.05) is 6.54 Å². The summed E-state index contributed by atoms with van der Waals surface area (Å²) in [5.74, 6) is 2.19. The van der Waals surface area contributed by atoms with E-state index in [1.54, 1.807) is 0 Å². The van der Waals surface area contributed by atoms with Gasteiger partial charge in [0.2, 0.25) is 5.91 Å². The van der Waals surface area contributed by atoms with Crippen molar-refractivity contribution < 1.29 is 4.79 Å². The standard InChI is InChI=1S/C15H24N2O/c16-9-3-4-10-17-15(18)14-8-7-12-5-1-2-6-13(12)11-14/h12-14H,1-8,10-11H2,(H,17,18). The Labute approximate surface area is 110 Å². The molecule has 0 spiro atoms. The largest absolute Gasteiger partial charge is 0.356 e. The predicted molar refractivity (Wildman–Crippen MR) is 70.6 cm³/mol. The minimum atomic E-state index is 0.233. The van der Waals surface area contributed by atoms with Crippen LogP contribution in [0.4, 0.5) is 0 Å². The molecule has 0 bridgehead atoms. The van der Waals surface area contributed by atoms with Crippen LogP contribution in [0.15, 0.2) is 0 Å². The monoisotopic (exact) mass is 248 g/mol. The molecule has 0 saturated heterocycles. The topological polar surface area (TPSA) is 52.9 Å². The molecule has 0 aromatic heterocycles. The van der Waals surface area contributed by atoms with E-state index in [9.17, 15) is 4.79 Å². The van der Waals surface area contributed by atoms with Crippen molar-refractivity contribution in [1.29, 1.82) is 5.26 Å². The Bertz CT molecular complexity index is 321. The third-order valence-corrected chi connectivity index (χ3v) is 4.68. The fourth-order valence-electron chi connectivity index (χ4n) is 3.63. The number of amides is 1. The molecule has 2 aliphatic rings.